The first-order valence-electron chi connectivity index (χ1n) is 8.46. The smallest absolute Gasteiger partial charge is 0.269 e. The minimum atomic E-state index is -0.403. The summed E-state index contributed by atoms with van der Waals surface area (Å²) in [6.07, 6.45) is 1.87. The molecule has 0 unspecified atom stereocenters. The highest BCUT2D eigenvalue weighted by atomic mass is 32.2. The van der Waals surface area contributed by atoms with Gasteiger partial charge in [0.15, 0.2) is 5.16 Å². The van der Waals surface area contributed by atoms with Crippen LogP contribution in [0.1, 0.15) is 25.3 Å². The number of aromatic nitrogens is 2. The van der Waals surface area contributed by atoms with E-state index in [1.165, 1.54) is 17.8 Å². The summed E-state index contributed by atoms with van der Waals surface area (Å²) in [5.41, 5.74) is 1.53. The summed E-state index contributed by atoms with van der Waals surface area (Å²) in [5, 5.41) is 12.2. The van der Waals surface area contributed by atoms with Gasteiger partial charge in [-0.05, 0) is 24.1 Å². The molecule has 0 atom stereocenters. The lowest BCUT2D eigenvalue weighted by molar-refractivity contribution is -0.384. The molecule has 6 nitrogen and oxygen atoms in total. The van der Waals surface area contributed by atoms with Crippen LogP contribution >= 0.6 is 11.8 Å². The van der Waals surface area contributed by atoms with E-state index in [2.05, 4.69) is 11.9 Å². The largest absolute Gasteiger partial charge is 0.287 e. The quantitative estimate of drug-likeness (QED) is 0.267. The number of nitro groups is 1. The van der Waals surface area contributed by atoms with Gasteiger partial charge in [0.05, 0.1) is 15.8 Å². The van der Waals surface area contributed by atoms with Gasteiger partial charge < -0.3 is 0 Å². The van der Waals surface area contributed by atoms with Crippen LogP contribution in [0.15, 0.2) is 58.5 Å². The van der Waals surface area contributed by atoms with E-state index in [9.17, 15) is 14.9 Å². The molecule has 0 amide bonds. The van der Waals surface area contributed by atoms with Crippen molar-refractivity contribution in [2.75, 3.05) is 0 Å². The van der Waals surface area contributed by atoms with Gasteiger partial charge in [0.25, 0.3) is 11.2 Å². The van der Waals surface area contributed by atoms with Gasteiger partial charge in [0.1, 0.15) is 0 Å². The van der Waals surface area contributed by atoms with E-state index in [1.807, 2.05) is 24.3 Å². The summed E-state index contributed by atoms with van der Waals surface area (Å²) < 4.78 is 1.72. The SMILES string of the molecule is CCCCn1c(SCc2cccc([N+](=O)[O-])c2)nc2ccccc2c1=O. The molecule has 1 heterocycles. The first-order chi connectivity index (χ1) is 12.6. The van der Waals surface area contributed by atoms with Crippen LogP contribution in [0.4, 0.5) is 5.69 Å². The number of para-hydroxylation sites is 1. The number of hydrogen-bond acceptors (Lipinski definition) is 5. The Labute approximate surface area is 155 Å². The summed E-state index contributed by atoms with van der Waals surface area (Å²) in [5.74, 6) is 0.512. The van der Waals surface area contributed by atoms with Crippen molar-refractivity contribution in [3.8, 4) is 0 Å². The van der Waals surface area contributed by atoms with Crippen LogP contribution in [-0.2, 0) is 12.3 Å². The zero-order valence-corrected chi connectivity index (χ0v) is 15.2. The summed E-state index contributed by atoms with van der Waals surface area (Å²) in [7, 11) is 0. The molecule has 0 saturated carbocycles. The first-order valence-corrected chi connectivity index (χ1v) is 9.44. The fraction of sp³-hybridized carbons (Fsp3) is 0.263. The Bertz CT molecular complexity index is 1000. The van der Waals surface area contributed by atoms with Gasteiger partial charge in [-0.15, -0.1) is 0 Å². The van der Waals surface area contributed by atoms with Crippen LogP contribution in [0, 0.1) is 10.1 Å². The molecule has 0 saturated heterocycles. The van der Waals surface area contributed by atoms with Gasteiger partial charge in [-0.25, -0.2) is 4.98 Å². The highest BCUT2D eigenvalue weighted by molar-refractivity contribution is 7.98. The summed E-state index contributed by atoms with van der Waals surface area (Å²) in [6, 6.07) is 13.9. The number of rotatable bonds is 7. The van der Waals surface area contributed by atoms with Gasteiger partial charge >= 0.3 is 0 Å². The normalized spacial score (nSPS) is 11.0. The number of thioether (sulfide) groups is 1. The van der Waals surface area contributed by atoms with Crippen molar-refractivity contribution >= 4 is 28.4 Å². The Morgan fingerprint density at radius 1 is 1.19 bits per heavy atom. The van der Waals surface area contributed by atoms with Crippen molar-refractivity contribution in [1.29, 1.82) is 0 Å². The predicted molar refractivity (Wildman–Crippen MR) is 104 cm³/mol. The van der Waals surface area contributed by atoms with E-state index < -0.39 is 4.92 Å². The molecule has 0 aliphatic carbocycles. The molecule has 3 aromatic rings. The number of unbranched alkanes of at least 4 members (excludes halogenated alkanes) is 1. The van der Waals surface area contributed by atoms with Gasteiger partial charge in [-0.2, -0.15) is 0 Å². The monoisotopic (exact) mass is 369 g/mol. The minimum absolute atomic E-state index is 0.0365. The molecular formula is C19H19N3O3S. The Balaban J connectivity index is 1.94. The second-order valence-corrected chi connectivity index (χ2v) is 6.88. The summed E-state index contributed by atoms with van der Waals surface area (Å²) >= 11 is 1.43. The average molecular weight is 369 g/mol. The number of hydrogen-bond donors (Lipinski definition) is 0. The zero-order valence-electron chi connectivity index (χ0n) is 14.4. The molecule has 1 aromatic heterocycles. The molecule has 3 rings (SSSR count). The summed E-state index contributed by atoms with van der Waals surface area (Å²) in [4.78, 5) is 28.0. The van der Waals surface area contributed by atoms with Crippen LogP contribution in [0.25, 0.3) is 10.9 Å². The van der Waals surface area contributed by atoms with Crippen molar-refractivity contribution in [3.05, 3.63) is 74.6 Å². The van der Waals surface area contributed by atoms with Gasteiger partial charge in [-0.1, -0.05) is 49.4 Å². The van der Waals surface area contributed by atoms with Crippen LogP contribution in [0.3, 0.4) is 0 Å². The molecule has 7 heteroatoms. The van der Waals surface area contributed by atoms with Crippen LogP contribution in [0.5, 0.6) is 0 Å². The van der Waals surface area contributed by atoms with E-state index in [1.54, 1.807) is 22.8 Å². The maximum absolute atomic E-state index is 12.8. The first kappa shape index (κ1) is 18.1. The molecule has 0 aliphatic heterocycles. The Morgan fingerprint density at radius 2 is 2.00 bits per heavy atom. The van der Waals surface area contributed by atoms with Crippen molar-refractivity contribution in [2.45, 2.75) is 37.2 Å². The molecule has 26 heavy (non-hydrogen) atoms. The van der Waals surface area contributed by atoms with Gasteiger partial charge in [0.2, 0.25) is 0 Å². The third-order valence-electron chi connectivity index (χ3n) is 4.05. The third-order valence-corrected chi connectivity index (χ3v) is 5.10. The fourth-order valence-electron chi connectivity index (χ4n) is 2.68. The number of benzene rings is 2. The minimum Gasteiger partial charge on any atom is -0.287 e. The van der Waals surface area contributed by atoms with Gasteiger partial charge in [0, 0.05) is 24.4 Å². The number of nitro benzene ring substituents is 1. The Morgan fingerprint density at radius 3 is 2.77 bits per heavy atom. The molecule has 0 bridgehead atoms. The highest BCUT2D eigenvalue weighted by Gasteiger charge is 2.12. The number of nitrogens with zero attached hydrogens (tertiary/aromatic N) is 3. The van der Waals surface area contributed by atoms with Gasteiger partial charge in [-0.3, -0.25) is 19.5 Å². The van der Waals surface area contributed by atoms with E-state index >= 15 is 0 Å². The van der Waals surface area contributed by atoms with E-state index in [0.717, 1.165) is 18.4 Å². The molecular weight excluding hydrogens is 350 g/mol. The molecule has 0 radical (unpaired) electrons. The van der Waals surface area contributed by atoms with Crippen LogP contribution in [0.2, 0.25) is 0 Å². The van der Waals surface area contributed by atoms with Crippen molar-refractivity contribution in [1.82, 2.24) is 9.55 Å². The van der Waals surface area contributed by atoms with E-state index in [0.29, 0.717) is 28.4 Å². The molecule has 0 aliphatic rings. The maximum atomic E-state index is 12.8. The number of fused-ring (bicyclic) bond motifs is 1. The predicted octanol–water partition coefficient (Wildman–Crippen LogP) is 4.40. The Hall–Kier alpha value is -2.67. The van der Waals surface area contributed by atoms with Crippen molar-refractivity contribution < 1.29 is 4.92 Å². The fourth-order valence-corrected chi connectivity index (χ4v) is 3.65. The highest BCUT2D eigenvalue weighted by Crippen LogP contribution is 2.24. The lowest BCUT2D eigenvalue weighted by Gasteiger charge is -2.12. The molecule has 0 N–H and O–H groups in total. The molecule has 0 spiro atoms. The summed E-state index contributed by atoms with van der Waals surface area (Å²) in [6.45, 7) is 2.69. The standard InChI is InChI=1S/C19H19N3O3S/c1-2-3-11-21-18(23)16-9-4-5-10-17(16)20-19(21)26-13-14-7-6-8-15(12-14)22(24)25/h4-10,12H,2-3,11,13H2,1H3. The maximum Gasteiger partial charge on any atom is 0.269 e. The van der Waals surface area contributed by atoms with Crippen molar-refractivity contribution in [3.63, 3.8) is 0 Å². The molecule has 134 valence electrons. The van der Waals surface area contributed by atoms with Crippen molar-refractivity contribution in [2.24, 2.45) is 0 Å². The molecule has 0 fully saturated rings. The van der Waals surface area contributed by atoms with E-state index in [4.69, 9.17) is 0 Å². The second kappa shape index (κ2) is 8.14. The van der Waals surface area contributed by atoms with Crippen LogP contribution in [-0.4, -0.2) is 14.5 Å². The van der Waals surface area contributed by atoms with E-state index in [-0.39, 0.29) is 11.2 Å². The van der Waals surface area contributed by atoms with Crippen LogP contribution < -0.4 is 5.56 Å². The molecule has 2 aromatic carbocycles. The Kier molecular flexibility index (Phi) is 5.68. The lowest BCUT2D eigenvalue weighted by Crippen LogP contribution is -2.23. The average Bonchev–Trinajstić information content (AvgIpc) is 2.66. The topological polar surface area (TPSA) is 78.0 Å². The third kappa shape index (κ3) is 3.94. The second-order valence-electron chi connectivity index (χ2n) is 5.94. The number of non-ortho nitro benzene ring substituents is 1. The zero-order chi connectivity index (χ0) is 18.5. The lowest BCUT2D eigenvalue weighted by atomic mass is 10.2.